The third-order valence-electron chi connectivity index (χ3n) is 4.75. The first-order chi connectivity index (χ1) is 15.0. The van der Waals surface area contributed by atoms with Gasteiger partial charge in [-0.1, -0.05) is 48.5 Å². The van der Waals surface area contributed by atoms with Crippen LogP contribution >= 0.6 is 23.4 Å². The molecule has 160 valence electrons. The highest BCUT2D eigenvalue weighted by Crippen LogP contribution is 2.22. The van der Waals surface area contributed by atoms with Gasteiger partial charge in [0.25, 0.3) is 5.56 Å². The fourth-order valence-corrected chi connectivity index (χ4v) is 4.27. The number of fused-ring (bicyclic) bond motifs is 3. The predicted octanol–water partition coefficient (Wildman–Crippen LogP) is 3.66. The Morgan fingerprint density at radius 1 is 1.23 bits per heavy atom. The quantitative estimate of drug-likeness (QED) is 0.426. The number of benzene rings is 2. The Labute approximate surface area is 186 Å². The highest BCUT2D eigenvalue weighted by molar-refractivity contribution is 7.99. The molecule has 4 rings (SSSR count). The Kier molecular flexibility index (Phi) is 6.24. The largest absolute Gasteiger partial charge is 0.351 e. The number of aromatic nitrogens is 4. The van der Waals surface area contributed by atoms with Gasteiger partial charge in [0.05, 0.1) is 16.7 Å². The molecule has 2 aromatic carbocycles. The van der Waals surface area contributed by atoms with E-state index in [-0.39, 0.29) is 22.6 Å². The maximum absolute atomic E-state index is 13.8. The van der Waals surface area contributed by atoms with Crippen molar-refractivity contribution < 1.29 is 9.18 Å². The van der Waals surface area contributed by atoms with E-state index >= 15 is 0 Å². The number of amides is 1. The van der Waals surface area contributed by atoms with Crippen molar-refractivity contribution in [2.75, 3.05) is 5.75 Å². The molecule has 7 nitrogen and oxygen atoms in total. The molecule has 0 saturated carbocycles. The topological polar surface area (TPSA) is 81.3 Å². The molecule has 0 aliphatic heterocycles. The fraction of sp³-hybridized carbons (Fsp3) is 0.238. The number of hydrogen-bond donors (Lipinski definition) is 1. The van der Waals surface area contributed by atoms with E-state index in [0.29, 0.717) is 41.0 Å². The zero-order valence-corrected chi connectivity index (χ0v) is 18.2. The van der Waals surface area contributed by atoms with E-state index in [9.17, 15) is 14.0 Å². The molecule has 1 N–H and O–H groups in total. The van der Waals surface area contributed by atoms with Crippen molar-refractivity contribution in [3.8, 4) is 0 Å². The van der Waals surface area contributed by atoms with Crippen molar-refractivity contribution in [1.29, 1.82) is 0 Å². The number of halogens is 2. The Bertz CT molecular complexity index is 1340. The molecular weight excluding hydrogens is 441 g/mol. The maximum Gasteiger partial charge on any atom is 0.262 e. The smallest absolute Gasteiger partial charge is 0.262 e. The van der Waals surface area contributed by atoms with Gasteiger partial charge in [-0.15, -0.1) is 10.2 Å². The van der Waals surface area contributed by atoms with E-state index < -0.39 is 5.82 Å². The highest BCUT2D eigenvalue weighted by atomic mass is 35.5. The lowest BCUT2D eigenvalue weighted by Gasteiger charge is -2.10. The summed E-state index contributed by atoms with van der Waals surface area (Å²) in [6, 6.07) is 11.3. The molecule has 0 unspecified atom stereocenters. The Morgan fingerprint density at radius 3 is 2.81 bits per heavy atom. The zero-order chi connectivity index (χ0) is 22.0. The third-order valence-corrected chi connectivity index (χ3v) is 6.04. The summed E-state index contributed by atoms with van der Waals surface area (Å²) < 4.78 is 17.0. The minimum atomic E-state index is -0.492. The molecule has 0 spiro atoms. The van der Waals surface area contributed by atoms with Crippen LogP contribution in [0.5, 0.6) is 0 Å². The van der Waals surface area contributed by atoms with E-state index in [2.05, 4.69) is 15.5 Å². The van der Waals surface area contributed by atoms with Gasteiger partial charge in [-0.3, -0.25) is 18.6 Å². The van der Waals surface area contributed by atoms with E-state index in [4.69, 9.17) is 11.6 Å². The van der Waals surface area contributed by atoms with Crippen molar-refractivity contribution in [3.05, 3.63) is 69.2 Å². The number of nitrogens with one attached hydrogen (secondary N) is 1. The first-order valence-corrected chi connectivity index (χ1v) is 11.1. The van der Waals surface area contributed by atoms with Gasteiger partial charge in [-0.25, -0.2) is 4.39 Å². The maximum atomic E-state index is 13.8. The van der Waals surface area contributed by atoms with E-state index in [1.807, 2.05) is 25.1 Å². The van der Waals surface area contributed by atoms with Crippen LogP contribution in [0.4, 0.5) is 4.39 Å². The average molecular weight is 460 g/mol. The number of carbonyl (C=O) groups excluding carboxylic acids is 1. The minimum absolute atomic E-state index is 0.0981. The first-order valence-electron chi connectivity index (χ1n) is 9.69. The summed E-state index contributed by atoms with van der Waals surface area (Å²) in [6.07, 6.45) is 0.705. The molecular formula is C21H19ClFN5O2S. The summed E-state index contributed by atoms with van der Waals surface area (Å²) in [7, 11) is 0. The highest BCUT2D eigenvalue weighted by Gasteiger charge is 2.18. The molecule has 0 atom stereocenters. The zero-order valence-electron chi connectivity index (χ0n) is 16.6. The molecule has 31 heavy (non-hydrogen) atoms. The molecule has 0 saturated heterocycles. The van der Waals surface area contributed by atoms with Crippen LogP contribution in [-0.4, -0.2) is 30.8 Å². The van der Waals surface area contributed by atoms with Gasteiger partial charge in [-0.2, -0.15) is 0 Å². The lowest BCUT2D eigenvalue weighted by atomic mass is 10.2. The van der Waals surface area contributed by atoms with Gasteiger partial charge in [0.15, 0.2) is 5.16 Å². The van der Waals surface area contributed by atoms with Gasteiger partial charge in [0.2, 0.25) is 11.7 Å². The second-order valence-electron chi connectivity index (χ2n) is 6.89. The van der Waals surface area contributed by atoms with Gasteiger partial charge < -0.3 is 5.32 Å². The van der Waals surface area contributed by atoms with Crippen LogP contribution in [0.25, 0.3) is 16.7 Å². The number of aryl methyl sites for hydroxylation is 1. The molecule has 2 heterocycles. The lowest BCUT2D eigenvalue weighted by Crippen LogP contribution is -2.25. The summed E-state index contributed by atoms with van der Waals surface area (Å²) in [5.41, 5.74) is 1.01. The summed E-state index contributed by atoms with van der Waals surface area (Å²) in [5.74, 6) is -0.224. The van der Waals surface area contributed by atoms with Gasteiger partial charge in [0.1, 0.15) is 5.82 Å². The van der Waals surface area contributed by atoms with Crippen molar-refractivity contribution in [3.63, 3.8) is 0 Å². The molecule has 10 heteroatoms. The number of rotatable bonds is 7. The van der Waals surface area contributed by atoms with E-state index in [1.165, 1.54) is 34.5 Å². The summed E-state index contributed by atoms with van der Waals surface area (Å²) in [5, 5.41) is 12.5. The average Bonchev–Trinajstić information content (AvgIpc) is 3.18. The third kappa shape index (κ3) is 4.28. The molecule has 0 aliphatic rings. The predicted molar refractivity (Wildman–Crippen MR) is 119 cm³/mol. The number of carbonyl (C=O) groups is 1. The van der Waals surface area contributed by atoms with Gasteiger partial charge in [0, 0.05) is 18.1 Å². The second kappa shape index (κ2) is 9.07. The molecule has 0 aliphatic carbocycles. The van der Waals surface area contributed by atoms with Crippen molar-refractivity contribution in [2.45, 2.75) is 31.6 Å². The molecule has 4 aromatic rings. The Balaban J connectivity index is 1.61. The van der Waals surface area contributed by atoms with E-state index in [1.54, 1.807) is 10.5 Å². The van der Waals surface area contributed by atoms with E-state index in [0.717, 1.165) is 5.56 Å². The Hall–Kier alpha value is -2.91. The van der Waals surface area contributed by atoms with Crippen molar-refractivity contribution in [2.24, 2.45) is 0 Å². The molecule has 2 aromatic heterocycles. The van der Waals surface area contributed by atoms with Crippen LogP contribution in [0.15, 0.2) is 52.4 Å². The van der Waals surface area contributed by atoms with Crippen LogP contribution in [0.3, 0.4) is 0 Å². The molecule has 1 amide bonds. The van der Waals surface area contributed by atoms with Crippen molar-refractivity contribution in [1.82, 2.24) is 24.5 Å². The second-order valence-corrected chi connectivity index (χ2v) is 8.24. The Morgan fingerprint density at radius 2 is 2.03 bits per heavy atom. The summed E-state index contributed by atoms with van der Waals surface area (Å²) >= 11 is 7.31. The fourth-order valence-electron chi connectivity index (χ4n) is 3.29. The van der Waals surface area contributed by atoms with Crippen LogP contribution in [-0.2, 0) is 17.9 Å². The first kappa shape index (κ1) is 21.3. The lowest BCUT2D eigenvalue weighted by molar-refractivity contribution is -0.118. The van der Waals surface area contributed by atoms with Crippen LogP contribution in [0.1, 0.15) is 18.9 Å². The van der Waals surface area contributed by atoms with Crippen LogP contribution in [0.2, 0.25) is 5.02 Å². The number of nitrogens with zero attached hydrogens (tertiary/aromatic N) is 4. The van der Waals surface area contributed by atoms with Gasteiger partial charge in [-0.05, 0) is 36.2 Å². The SMILES string of the molecule is CCCn1c(=O)c2cc(F)ccc2n2c(SCC(=O)NCc3ccccc3Cl)nnc12. The number of thioether (sulfide) groups is 1. The monoisotopic (exact) mass is 459 g/mol. The molecule has 0 radical (unpaired) electrons. The van der Waals surface area contributed by atoms with Crippen LogP contribution in [0, 0.1) is 5.82 Å². The normalized spacial score (nSPS) is 11.3. The summed E-state index contributed by atoms with van der Waals surface area (Å²) in [6.45, 7) is 2.68. The molecule has 0 bridgehead atoms. The summed E-state index contributed by atoms with van der Waals surface area (Å²) in [4.78, 5) is 25.2. The van der Waals surface area contributed by atoms with Gasteiger partial charge >= 0.3 is 0 Å². The standard InChI is InChI=1S/C21H19ClFN5O2S/c1-2-9-27-19(30)15-10-14(23)7-8-17(15)28-20(27)25-26-21(28)31-12-18(29)24-11-13-5-3-4-6-16(13)22/h3-8,10H,2,9,11-12H2,1H3,(H,24,29). The van der Waals surface area contributed by atoms with Crippen molar-refractivity contribution >= 4 is 46.0 Å². The number of hydrogen-bond acceptors (Lipinski definition) is 5. The minimum Gasteiger partial charge on any atom is -0.351 e. The molecule has 0 fully saturated rings. The van der Waals surface area contributed by atoms with Crippen LogP contribution < -0.4 is 10.9 Å².